The maximum absolute atomic E-state index is 9.05. The molecule has 0 aromatic heterocycles. The largest absolute Gasteiger partial charge is 0.256 e. The van der Waals surface area contributed by atoms with Gasteiger partial charge in [-0.2, -0.15) is 5.26 Å². The van der Waals surface area contributed by atoms with E-state index in [1.165, 1.54) is 0 Å². The van der Waals surface area contributed by atoms with Crippen LogP contribution in [0.5, 0.6) is 0 Å². The summed E-state index contributed by atoms with van der Waals surface area (Å²) in [7, 11) is 0. The molecule has 2 aliphatic heterocycles. The lowest BCUT2D eigenvalue weighted by molar-refractivity contribution is 1.44. The van der Waals surface area contributed by atoms with Gasteiger partial charge in [-0.15, -0.1) is 0 Å². The number of hydrogen-bond acceptors (Lipinski definition) is 3. The lowest BCUT2D eigenvalue weighted by atomic mass is 10.1. The summed E-state index contributed by atoms with van der Waals surface area (Å²) in [6.07, 6.45) is 1.80. The van der Waals surface area contributed by atoms with Gasteiger partial charge in [0, 0.05) is 22.5 Å². The molecule has 0 N–H and O–H groups in total. The molecule has 0 fully saturated rings. The van der Waals surface area contributed by atoms with Gasteiger partial charge in [-0.25, -0.2) is 4.98 Å². The predicted molar refractivity (Wildman–Crippen MR) is 78.4 cm³/mol. The van der Waals surface area contributed by atoms with Crippen LogP contribution in [0, 0.1) is 11.3 Å². The molecule has 2 aromatic carbocycles. The molecule has 2 heterocycles. The molecule has 92 valence electrons. The number of benzene rings is 2. The second-order valence-corrected chi connectivity index (χ2v) is 4.68. The van der Waals surface area contributed by atoms with Gasteiger partial charge in [-0.1, -0.05) is 18.2 Å². The summed E-state index contributed by atoms with van der Waals surface area (Å²) in [6, 6.07) is 17.7. The minimum atomic E-state index is 0.649. The van der Waals surface area contributed by atoms with Gasteiger partial charge in [0.15, 0.2) is 0 Å². The molecule has 0 saturated heterocycles. The summed E-state index contributed by atoms with van der Waals surface area (Å²) < 4.78 is 0. The van der Waals surface area contributed by atoms with E-state index in [4.69, 9.17) is 10.2 Å². The quantitative estimate of drug-likeness (QED) is 0.480. The fourth-order valence-corrected chi connectivity index (χ4v) is 2.58. The van der Waals surface area contributed by atoms with Crippen LogP contribution in [0.1, 0.15) is 5.56 Å². The van der Waals surface area contributed by atoms with Crippen LogP contribution in [-0.2, 0) is 0 Å². The Morgan fingerprint density at radius 2 is 1.80 bits per heavy atom. The molecule has 0 bridgehead atoms. The number of nitriles is 1. The SMILES string of the molecule is N#Cc1ccc2nc3c4ccccc4nccc-3c2c1. The van der Waals surface area contributed by atoms with E-state index in [2.05, 4.69) is 11.1 Å². The Balaban J connectivity index is 2.20. The molecule has 3 nitrogen and oxygen atoms in total. The molecule has 0 radical (unpaired) electrons. The van der Waals surface area contributed by atoms with Gasteiger partial charge >= 0.3 is 0 Å². The van der Waals surface area contributed by atoms with Gasteiger partial charge in [0.05, 0.1) is 28.4 Å². The molecule has 3 heteroatoms. The summed E-state index contributed by atoms with van der Waals surface area (Å²) in [5.74, 6) is 0. The Labute approximate surface area is 115 Å². The highest BCUT2D eigenvalue weighted by Gasteiger charge is 2.14. The summed E-state index contributed by atoms with van der Waals surface area (Å²) in [4.78, 5) is 9.15. The second kappa shape index (κ2) is 4.01. The Morgan fingerprint density at radius 3 is 2.70 bits per heavy atom. The van der Waals surface area contributed by atoms with E-state index < -0.39 is 0 Å². The number of para-hydroxylation sites is 1. The molecule has 0 atom stereocenters. The molecule has 0 unspecified atom stereocenters. The van der Waals surface area contributed by atoms with E-state index >= 15 is 0 Å². The van der Waals surface area contributed by atoms with Crippen molar-refractivity contribution < 1.29 is 0 Å². The van der Waals surface area contributed by atoms with Crippen molar-refractivity contribution in [3.8, 4) is 17.3 Å². The van der Waals surface area contributed by atoms with Crippen LogP contribution < -0.4 is 0 Å². The van der Waals surface area contributed by atoms with Crippen LogP contribution in [0.4, 0.5) is 0 Å². The van der Waals surface area contributed by atoms with Crippen LogP contribution in [0.2, 0.25) is 0 Å². The van der Waals surface area contributed by atoms with Crippen LogP contribution in [-0.4, -0.2) is 9.97 Å². The molecule has 2 aliphatic rings. The minimum Gasteiger partial charge on any atom is -0.256 e. The molecule has 4 rings (SSSR count). The van der Waals surface area contributed by atoms with E-state index in [1.807, 2.05) is 42.5 Å². The first-order chi connectivity index (χ1) is 9.86. The van der Waals surface area contributed by atoms with Gasteiger partial charge in [0.2, 0.25) is 0 Å². The summed E-state index contributed by atoms with van der Waals surface area (Å²) in [5, 5.41) is 11.1. The number of nitrogens with zero attached hydrogens (tertiary/aromatic N) is 3. The van der Waals surface area contributed by atoms with Crippen molar-refractivity contribution in [1.82, 2.24) is 9.97 Å². The Morgan fingerprint density at radius 1 is 0.900 bits per heavy atom. The van der Waals surface area contributed by atoms with E-state index in [-0.39, 0.29) is 0 Å². The summed E-state index contributed by atoms with van der Waals surface area (Å²) in [5.41, 5.74) is 4.45. The lowest BCUT2D eigenvalue weighted by Crippen LogP contribution is -1.75. The molecular formula is C17H9N3. The van der Waals surface area contributed by atoms with Gasteiger partial charge in [-0.05, 0) is 30.3 Å². The van der Waals surface area contributed by atoms with Gasteiger partial charge < -0.3 is 0 Å². The van der Waals surface area contributed by atoms with E-state index in [0.29, 0.717) is 5.56 Å². The van der Waals surface area contributed by atoms with Crippen LogP contribution in [0.25, 0.3) is 33.1 Å². The van der Waals surface area contributed by atoms with Crippen molar-refractivity contribution in [2.24, 2.45) is 0 Å². The van der Waals surface area contributed by atoms with Crippen LogP contribution in [0.15, 0.2) is 54.7 Å². The zero-order valence-corrected chi connectivity index (χ0v) is 10.5. The first-order valence-electron chi connectivity index (χ1n) is 6.34. The van der Waals surface area contributed by atoms with Gasteiger partial charge in [0.1, 0.15) is 0 Å². The van der Waals surface area contributed by atoms with Crippen molar-refractivity contribution >= 4 is 21.8 Å². The lowest BCUT2D eigenvalue weighted by Gasteiger charge is -1.95. The van der Waals surface area contributed by atoms with E-state index in [0.717, 1.165) is 33.1 Å². The predicted octanol–water partition coefficient (Wildman–Crippen LogP) is 3.76. The molecule has 0 amide bonds. The third-order valence-electron chi connectivity index (χ3n) is 3.52. The van der Waals surface area contributed by atoms with Crippen LogP contribution >= 0.6 is 0 Å². The monoisotopic (exact) mass is 255 g/mol. The average molecular weight is 255 g/mol. The molecule has 20 heavy (non-hydrogen) atoms. The zero-order valence-electron chi connectivity index (χ0n) is 10.5. The van der Waals surface area contributed by atoms with E-state index in [9.17, 15) is 0 Å². The third-order valence-corrected chi connectivity index (χ3v) is 3.52. The normalized spacial score (nSPS) is 10.9. The standard InChI is InChI=1S/C17H9N3/c18-10-11-5-6-16-14(9-11)12-7-8-19-15-4-2-1-3-13(15)17(12)20-16/h1-9H. The molecule has 0 spiro atoms. The average Bonchev–Trinajstić information content (AvgIpc) is 2.75. The number of hydrogen-bond donors (Lipinski definition) is 0. The number of aromatic nitrogens is 2. The van der Waals surface area contributed by atoms with Crippen LogP contribution in [0.3, 0.4) is 0 Å². The summed E-state index contributed by atoms with van der Waals surface area (Å²) >= 11 is 0. The molecule has 0 aliphatic carbocycles. The molecule has 2 aromatic rings. The number of fused-ring (bicyclic) bond motifs is 5. The van der Waals surface area contributed by atoms with Crippen molar-refractivity contribution in [3.05, 3.63) is 60.3 Å². The van der Waals surface area contributed by atoms with Gasteiger partial charge in [0.25, 0.3) is 0 Å². The third kappa shape index (κ3) is 1.45. The van der Waals surface area contributed by atoms with Crippen molar-refractivity contribution in [1.29, 1.82) is 5.26 Å². The zero-order chi connectivity index (χ0) is 13.5. The first kappa shape index (κ1) is 10.9. The highest BCUT2D eigenvalue weighted by molar-refractivity contribution is 6.05. The highest BCUT2D eigenvalue weighted by atomic mass is 14.7. The van der Waals surface area contributed by atoms with E-state index in [1.54, 1.807) is 12.3 Å². The van der Waals surface area contributed by atoms with Crippen molar-refractivity contribution in [2.75, 3.05) is 0 Å². The molecule has 0 saturated carbocycles. The Kier molecular flexibility index (Phi) is 2.18. The summed E-state index contributed by atoms with van der Waals surface area (Å²) in [6.45, 7) is 0. The maximum Gasteiger partial charge on any atom is 0.0991 e. The van der Waals surface area contributed by atoms with Crippen molar-refractivity contribution in [2.45, 2.75) is 0 Å². The Bertz CT molecular complexity index is 967. The second-order valence-electron chi connectivity index (χ2n) is 4.68. The smallest absolute Gasteiger partial charge is 0.0991 e. The van der Waals surface area contributed by atoms with Gasteiger partial charge in [-0.3, -0.25) is 4.98 Å². The van der Waals surface area contributed by atoms with Crippen molar-refractivity contribution in [3.63, 3.8) is 0 Å². The fourth-order valence-electron chi connectivity index (χ4n) is 2.58. The Hall–Kier alpha value is -2.99. The molecular weight excluding hydrogens is 246 g/mol. The topological polar surface area (TPSA) is 49.6 Å². The number of rotatable bonds is 0. The maximum atomic E-state index is 9.05. The first-order valence-corrected chi connectivity index (χ1v) is 6.34. The highest BCUT2D eigenvalue weighted by Crippen LogP contribution is 2.34. The minimum absolute atomic E-state index is 0.649. The fraction of sp³-hybridized carbons (Fsp3) is 0.